The topological polar surface area (TPSA) is 73.8 Å². The second-order valence-electron chi connectivity index (χ2n) is 14.6. The fraction of sp³-hybridized carbons (Fsp3) is 0.350. The first-order valence-electron chi connectivity index (χ1n) is 16.9. The average molecular weight is 674 g/mol. The van der Waals surface area contributed by atoms with Crippen LogP contribution in [0.1, 0.15) is 63.8 Å². The molecule has 2 saturated heterocycles. The smallest absolute Gasteiger partial charge is 0.534 e. The van der Waals surface area contributed by atoms with Gasteiger partial charge in [-0.3, -0.25) is 0 Å². The van der Waals surface area contributed by atoms with Gasteiger partial charge in [-0.25, -0.2) is 0 Å². The summed E-state index contributed by atoms with van der Waals surface area (Å²) < 4.78 is 47.7. The molecule has 4 aromatic rings. The molecular formula is C40H44B2O8. The fourth-order valence-corrected chi connectivity index (χ4v) is 7.04. The molecule has 0 atom stereocenters. The van der Waals surface area contributed by atoms with Crippen LogP contribution in [-0.2, 0) is 33.5 Å². The van der Waals surface area contributed by atoms with E-state index in [-0.39, 0.29) is 13.6 Å². The van der Waals surface area contributed by atoms with E-state index in [1.54, 1.807) is 14.2 Å². The van der Waals surface area contributed by atoms with Crippen LogP contribution in [0.2, 0.25) is 0 Å². The first kappa shape index (κ1) is 34.4. The second kappa shape index (κ2) is 12.6. The van der Waals surface area contributed by atoms with Crippen molar-refractivity contribution in [2.75, 3.05) is 27.8 Å². The number of hydrogen-bond donors (Lipinski definition) is 0. The van der Waals surface area contributed by atoms with E-state index < -0.39 is 36.5 Å². The van der Waals surface area contributed by atoms with E-state index in [1.807, 2.05) is 38.1 Å². The third-order valence-corrected chi connectivity index (χ3v) is 10.6. The number of rotatable bonds is 10. The lowest BCUT2D eigenvalue weighted by Crippen LogP contribution is -2.41. The third-order valence-electron chi connectivity index (χ3n) is 10.6. The maximum atomic E-state index is 6.57. The minimum atomic E-state index is -0.773. The first-order chi connectivity index (χ1) is 23.8. The van der Waals surface area contributed by atoms with Gasteiger partial charge in [-0.2, -0.15) is 0 Å². The quantitative estimate of drug-likeness (QED) is 0.126. The average Bonchev–Trinajstić information content (AvgIpc) is 3.63. The molecule has 1 aliphatic carbocycles. The molecule has 0 radical (unpaired) electrons. The van der Waals surface area contributed by atoms with Crippen LogP contribution in [0.5, 0.6) is 11.5 Å². The number of ether oxygens (including phenoxy) is 4. The van der Waals surface area contributed by atoms with Crippen LogP contribution in [-0.4, -0.2) is 58.8 Å². The Kier molecular flexibility index (Phi) is 8.68. The number of benzene rings is 4. The van der Waals surface area contributed by atoms with E-state index in [4.69, 9.17) is 37.6 Å². The lowest BCUT2D eigenvalue weighted by molar-refractivity contribution is 0.00578. The normalized spacial score (nSPS) is 19.2. The second-order valence-corrected chi connectivity index (χ2v) is 14.6. The van der Waals surface area contributed by atoms with E-state index >= 15 is 0 Å². The highest BCUT2D eigenvalue weighted by Crippen LogP contribution is 2.56. The van der Waals surface area contributed by atoms with E-state index in [2.05, 4.69) is 94.9 Å². The summed E-state index contributed by atoms with van der Waals surface area (Å²) in [6, 6.07) is 29.5. The van der Waals surface area contributed by atoms with Crippen molar-refractivity contribution in [1.29, 1.82) is 0 Å². The van der Waals surface area contributed by atoms with Crippen LogP contribution >= 0.6 is 0 Å². The molecule has 50 heavy (non-hydrogen) atoms. The molecule has 8 nitrogen and oxygen atoms in total. The van der Waals surface area contributed by atoms with Gasteiger partial charge in [0.25, 0.3) is 0 Å². The molecule has 0 bridgehead atoms. The van der Waals surface area contributed by atoms with Crippen LogP contribution in [0.3, 0.4) is 0 Å². The Hall–Kier alpha value is -4.05. The molecule has 0 spiro atoms. The molecule has 2 fully saturated rings. The van der Waals surface area contributed by atoms with Gasteiger partial charge in [0.15, 0.2) is 13.6 Å². The highest BCUT2D eigenvalue weighted by atomic mass is 16.7. The Bertz CT molecular complexity index is 1830. The van der Waals surface area contributed by atoms with E-state index in [9.17, 15) is 0 Å². The van der Waals surface area contributed by atoms with Gasteiger partial charge >= 0.3 is 14.2 Å². The molecular weight excluding hydrogens is 630 g/mol. The summed E-state index contributed by atoms with van der Waals surface area (Å²) in [7, 11) is 2.09. The van der Waals surface area contributed by atoms with Gasteiger partial charge in [-0.1, -0.05) is 67.2 Å². The van der Waals surface area contributed by atoms with Crippen molar-refractivity contribution in [3.8, 4) is 22.6 Å². The van der Waals surface area contributed by atoms with E-state index in [0.29, 0.717) is 17.3 Å². The number of methoxy groups -OCH3 is 2. The SMILES string of the molecule is C=C1OB(c2ccc3c(c2)C(c2ccc(OCOC)cc2)(c2ccc(OCOC)cc2)c2cc(B4OC(C)(C)C(C)(C)O4)ccc2-3)OC1(C)C. The first-order valence-corrected chi connectivity index (χ1v) is 16.9. The number of fused-ring (bicyclic) bond motifs is 3. The van der Waals surface area contributed by atoms with Crippen molar-refractivity contribution in [1.82, 2.24) is 0 Å². The molecule has 0 N–H and O–H groups in total. The van der Waals surface area contributed by atoms with Crippen molar-refractivity contribution in [3.63, 3.8) is 0 Å². The summed E-state index contributed by atoms with van der Waals surface area (Å²) >= 11 is 0. The maximum absolute atomic E-state index is 6.57. The minimum Gasteiger partial charge on any atom is -0.534 e. The summed E-state index contributed by atoms with van der Waals surface area (Å²) in [5, 5.41) is 0. The molecule has 4 aromatic carbocycles. The van der Waals surface area contributed by atoms with Crippen molar-refractivity contribution in [2.24, 2.45) is 0 Å². The van der Waals surface area contributed by atoms with Gasteiger partial charge in [0.2, 0.25) is 0 Å². The zero-order chi connectivity index (χ0) is 35.5. The van der Waals surface area contributed by atoms with Gasteiger partial charge in [0.05, 0.1) is 22.4 Å². The fourth-order valence-electron chi connectivity index (χ4n) is 7.04. The predicted molar refractivity (Wildman–Crippen MR) is 195 cm³/mol. The summed E-state index contributed by atoms with van der Waals surface area (Å²) in [6.07, 6.45) is 0. The summed E-state index contributed by atoms with van der Waals surface area (Å²) in [6.45, 7) is 16.7. The lowest BCUT2D eigenvalue weighted by atomic mass is 9.65. The maximum Gasteiger partial charge on any atom is 0.563 e. The molecule has 2 aliphatic heterocycles. The Morgan fingerprint density at radius 1 is 0.580 bits per heavy atom. The molecule has 258 valence electrons. The van der Waals surface area contributed by atoms with Gasteiger partial charge in [-0.15, -0.1) is 0 Å². The molecule has 0 amide bonds. The summed E-state index contributed by atoms with van der Waals surface area (Å²) in [4.78, 5) is 0. The zero-order valence-electron chi connectivity index (χ0n) is 30.1. The standard InChI is InChI=1S/C40H44B2O8/c1-26-37(2,3)48-41(47-26)29-14-20-33-34-21-15-30(42-49-38(4,5)39(6,7)50-42)23-36(34)40(35(33)22-29,27-10-16-31(17-11-27)45-24-43-8)28-12-18-32(19-13-28)46-25-44-9/h10-23H,1,24-25H2,2-9H3. The Morgan fingerprint density at radius 2 is 1.02 bits per heavy atom. The molecule has 2 heterocycles. The van der Waals surface area contributed by atoms with Gasteiger partial charge in [-0.05, 0) is 110 Å². The van der Waals surface area contributed by atoms with Crippen LogP contribution in [0.4, 0.5) is 0 Å². The van der Waals surface area contributed by atoms with Crippen molar-refractivity contribution < 1.29 is 37.6 Å². The van der Waals surface area contributed by atoms with Crippen LogP contribution in [0.25, 0.3) is 11.1 Å². The monoisotopic (exact) mass is 674 g/mol. The molecule has 0 aromatic heterocycles. The summed E-state index contributed by atoms with van der Waals surface area (Å²) in [5.74, 6) is 2.02. The Labute approximate surface area is 295 Å². The van der Waals surface area contributed by atoms with Crippen LogP contribution in [0.15, 0.2) is 97.3 Å². The highest BCUT2D eigenvalue weighted by Gasteiger charge is 2.53. The Balaban J connectivity index is 1.46. The van der Waals surface area contributed by atoms with Crippen LogP contribution < -0.4 is 20.4 Å². The van der Waals surface area contributed by atoms with Gasteiger partial charge in [0.1, 0.15) is 17.1 Å². The van der Waals surface area contributed by atoms with E-state index in [0.717, 1.165) is 44.3 Å². The third kappa shape index (κ3) is 5.63. The Morgan fingerprint density at radius 3 is 1.42 bits per heavy atom. The molecule has 0 unspecified atom stereocenters. The summed E-state index contributed by atoms with van der Waals surface area (Å²) in [5.41, 5.74) is 6.01. The largest absolute Gasteiger partial charge is 0.563 e. The molecule has 10 heteroatoms. The molecule has 0 saturated carbocycles. The minimum absolute atomic E-state index is 0.156. The zero-order valence-corrected chi connectivity index (χ0v) is 30.1. The van der Waals surface area contributed by atoms with Crippen LogP contribution in [0, 0.1) is 0 Å². The molecule has 7 rings (SSSR count). The number of hydrogen-bond acceptors (Lipinski definition) is 8. The van der Waals surface area contributed by atoms with E-state index in [1.165, 1.54) is 0 Å². The predicted octanol–water partition coefficient (Wildman–Crippen LogP) is 6.35. The van der Waals surface area contributed by atoms with Gasteiger partial charge < -0.3 is 37.6 Å². The lowest BCUT2D eigenvalue weighted by Gasteiger charge is -2.34. The van der Waals surface area contributed by atoms with Crippen molar-refractivity contribution in [2.45, 2.75) is 63.8 Å². The molecule has 3 aliphatic rings. The van der Waals surface area contributed by atoms with Gasteiger partial charge in [0, 0.05) is 14.2 Å². The van der Waals surface area contributed by atoms with Crippen molar-refractivity contribution in [3.05, 3.63) is 120 Å². The highest BCUT2D eigenvalue weighted by molar-refractivity contribution is 6.63. The van der Waals surface area contributed by atoms with Crippen molar-refractivity contribution >= 4 is 25.2 Å².